The number of rotatable bonds is 5. The van der Waals surface area contributed by atoms with Crippen LogP contribution in [0.3, 0.4) is 0 Å². The van der Waals surface area contributed by atoms with Gasteiger partial charge in [0.15, 0.2) is 0 Å². The molecule has 26 heavy (non-hydrogen) atoms. The van der Waals surface area contributed by atoms with Gasteiger partial charge in [-0.1, -0.05) is 80.4 Å². The second-order valence-electron chi connectivity index (χ2n) is 7.03. The van der Waals surface area contributed by atoms with E-state index in [1.807, 2.05) is 12.1 Å². The highest BCUT2D eigenvalue weighted by atomic mass is 16.3. The van der Waals surface area contributed by atoms with Gasteiger partial charge in [-0.25, -0.2) is 0 Å². The predicted octanol–water partition coefficient (Wildman–Crippen LogP) is 5.85. The predicted molar refractivity (Wildman–Crippen MR) is 107 cm³/mol. The fourth-order valence-corrected chi connectivity index (χ4v) is 4.21. The molecule has 0 fully saturated rings. The SMILES string of the molecule is CCCC/C=C1/c2ccccc2[C@@](N)(c2ccccc2)[C@@H]1c1ccco1. The van der Waals surface area contributed by atoms with Gasteiger partial charge in [-0.05, 0) is 40.8 Å². The van der Waals surface area contributed by atoms with E-state index in [0.717, 1.165) is 17.7 Å². The van der Waals surface area contributed by atoms with Crippen molar-refractivity contribution in [3.63, 3.8) is 0 Å². The van der Waals surface area contributed by atoms with Gasteiger partial charge in [0.25, 0.3) is 0 Å². The molecule has 2 atom stereocenters. The summed E-state index contributed by atoms with van der Waals surface area (Å²) in [5.74, 6) is 0.907. The third-order valence-corrected chi connectivity index (χ3v) is 5.45. The lowest BCUT2D eigenvalue weighted by atomic mass is 9.76. The lowest BCUT2D eigenvalue weighted by Crippen LogP contribution is -2.40. The molecule has 1 aliphatic rings. The molecule has 0 aliphatic heterocycles. The summed E-state index contributed by atoms with van der Waals surface area (Å²) in [6.07, 6.45) is 7.53. The highest BCUT2D eigenvalue weighted by Crippen LogP contribution is 2.55. The Bertz CT molecular complexity index is 895. The molecular weight excluding hydrogens is 318 g/mol. The molecule has 0 unspecified atom stereocenters. The van der Waals surface area contributed by atoms with Gasteiger partial charge < -0.3 is 10.2 Å². The van der Waals surface area contributed by atoms with E-state index in [9.17, 15) is 0 Å². The van der Waals surface area contributed by atoms with Gasteiger partial charge in [-0.15, -0.1) is 0 Å². The molecule has 1 heterocycles. The van der Waals surface area contributed by atoms with Crippen LogP contribution in [0.15, 0.2) is 83.5 Å². The second kappa shape index (κ2) is 6.97. The van der Waals surface area contributed by atoms with Gasteiger partial charge in [-0.2, -0.15) is 0 Å². The van der Waals surface area contributed by atoms with Crippen LogP contribution in [-0.2, 0) is 5.54 Å². The molecule has 2 nitrogen and oxygen atoms in total. The van der Waals surface area contributed by atoms with Crippen molar-refractivity contribution in [2.24, 2.45) is 5.73 Å². The zero-order chi connectivity index (χ0) is 18.0. The van der Waals surface area contributed by atoms with Crippen LogP contribution >= 0.6 is 0 Å². The molecule has 0 bridgehead atoms. The van der Waals surface area contributed by atoms with Crippen molar-refractivity contribution in [1.82, 2.24) is 0 Å². The number of furan rings is 1. The third-order valence-electron chi connectivity index (χ3n) is 5.45. The van der Waals surface area contributed by atoms with Crippen LogP contribution in [-0.4, -0.2) is 0 Å². The van der Waals surface area contributed by atoms with Crippen molar-refractivity contribution in [2.45, 2.75) is 37.6 Å². The van der Waals surface area contributed by atoms with E-state index in [-0.39, 0.29) is 5.92 Å². The second-order valence-corrected chi connectivity index (χ2v) is 7.03. The molecule has 2 heteroatoms. The summed E-state index contributed by atoms with van der Waals surface area (Å²) < 4.78 is 5.88. The van der Waals surface area contributed by atoms with Crippen LogP contribution in [0.25, 0.3) is 5.57 Å². The van der Waals surface area contributed by atoms with E-state index in [1.165, 1.54) is 29.5 Å². The van der Waals surface area contributed by atoms with Gasteiger partial charge in [0.05, 0.1) is 17.7 Å². The first-order valence-corrected chi connectivity index (χ1v) is 9.44. The fourth-order valence-electron chi connectivity index (χ4n) is 4.21. The molecule has 4 rings (SSSR count). The van der Waals surface area contributed by atoms with Crippen molar-refractivity contribution in [2.75, 3.05) is 0 Å². The van der Waals surface area contributed by atoms with Crippen LogP contribution in [0.2, 0.25) is 0 Å². The van der Waals surface area contributed by atoms with Crippen LogP contribution in [0.5, 0.6) is 0 Å². The van der Waals surface area contributed by atoms with Gasteiger partial charge in [-0.3, -0.25) is 0 Å². The molecule has 2 N–H and O–H groups in total. The Labute approximate surface area is 155 Å². The molecule has 132 valence electrons. The molecular formula is C24H25NO. The van der Waals surface area contributed by atoms with E-state index in [2.05, 4.69) is 67.6 Å². The van der Waals surface area contributed by atoms with E-state index in [0.29, 0.717) is 0 Å². The number of hydrogen-bond donors (Lipinski definition) is 1. The summed E-state index contributed by atoms with van der Waals surface area (Å²) in [6.45, 7) is 2.22. The summed E-state index contributed by atoms with van der Waals surface area (Å²) in [6, 6.07) is 23.0. The van der Waals surface area contributed by atoms with Crippen LogP contribution in [0, 0.1) is 0 Å². The summed E-state index contributed by atoms with van der Waals surface area (Å²) in [4.78, 5) is 0. The number of hydrogen-bond acceptors (Lipinski definition) is 2. The molecule has 0 amide bonds. The first-order valence-electron chi connectivity index (χ1n) is 9.44. The van der Waals surface area contributed by atoms with Crippen molar-refractivity contribution in [3.05, 3.63) is 102 Å². The maximum absolute atomic E-state index is 7.22. The molecule has 1 aromatic heterocycles. The lowest BCUT2D eigenvalue weighted by molar-refractivity contribution is 0.418. The maximum Gasteiger partial charge on any atom is 0.113 e. The first-order chi connectivity index (χ1) is 12.8. The summed E-state index contributed by atoms with van der Waals surface area (Å²) in [7, 11) is 0. The zero-order valence-corrected chi connectivity index (χ0v) is 15.2. The molecule has 2 aromatic carbocycles. The van der Waals surface area contributed by atoms with Crippen molar-refractivity contribution in [3.8, 4) is 0 Å². The number of benzene rings is 2. The van der Waals surface area contributed by atoms with Gasteiger partial charge in [0, 0.05) is 0 Å². The number of nitrogens with two attached hydrogens (primary N) is 1. The smallest absolute Gasteiger partial charge is 0.113 e. The van der Waals surface area contributed by atoms with E-state index < -0.39 is 5.54 Å². The largest absolute Gasteiger partial charge is 0.469 e. The number of unbranched alkanes of at least 4 members (excludes halogenated alkanes) is 2. The highest BCUT2D eigenvalue weighted by molar-refractivity contribution is 5.82. The Morgan fingerprint density at radius 2 is 1.77 bits per heavy atom. The maximum atomic E-state index is 7.22. The molecule has 0 spiro atoms. The van der Waals surface area contributed by atoms with Crippen molar-refractivity contribution < 1.29 is 4.42 Å². The number of fused-ring (bicyclic) bond motifs is 1. The summed E-state index contributed by atoms with van der Waals surface area (Å²) in [5.41, 5.74) is 11.4. The summed E-state index contributed by atoms with van der Waals surface area (Å²) >= 11 is 0. The Kier molecular flexibility index (Phi) is 4.52. The van der Waals surface area contributed by atoms with Crippen molar-refractivity contribution >= 4 is 5.57 Å². The normalized spacial score (nSPS) is 23.3. The lowest BCUT2D eigenvalue weighted by Gasteiger charge is -2.32. The zero-order valence-electron chi connectivity index (χ0n) is 15.2. The standard InChI is InChI=1S/C24H25NO/c1-2-3-5-14-20-19-13-8-9-15-21(19)24(25,18-11-6-4-7-12-18)23(20)22-16-10-17-26-22/h4,6-17,23H,2-3,5,25H2,1H3/b20-14-/t23-,24-/m0/s1. The average molecular weight is 343 g/mol. The Hall–Kier alpha value is -2.58. The number of allylic oxidation sites excluding steroid dienone is 1. The average Bonchev–Trinajstić information content (AvgIpc) is 3.29. The highest BCUT2D eigenvalue weighted by Gasteiger charge is 2.49. The summed E-state index contributed by atoms with van der Waals surface area (Å²) in [5, 5.41) is 0. The van der Waals surface area contributed by atoms with Gasteiger partial charge in [0.1, 0.15) is 5.76 Å². The topological polar surface area (TPSA) is 39.2 Å². The first kappa shape index (κ1) is 16.9. The van der Waals surface area contributed by atoms with E-state index in [4.69, 9.17) is 10.2 Å². The molecule has 0 saturated carbocycles. The Morgan fingerprint density at radius 3 is 2.50 bits per heavy atom. The van der Waals surface area contributed by atoms with Crippen LogP contribution in [0.1, 0.15) is 54.6 Å². The van der Waals surface area contributed by atoms with E-state index >= 15 is 0 Å². The Morgan fingerprint density at radius 1 is 1.00 bits per heavy atom. The molecule has 1 aliphatic carbocycles. The molecule has 0 saturated heterocycles. The monoisotopic (exact) mass is 343 g/mol. The minimum atomic E-state index is -0.631. The van der Waals surface area contributed by atoms with Gasteiger partial charge >= 0.3 is 0 Å². The third kappa shape index (κ3) is 2.62. The minimum absolute atomic E-state index is 0.0193. The molecule has 0 radical (unpaired) electrons. The van der Waals surface area contributed by atoms with Crippen molar-refractivity contribution in [1.29, 1.82) is 0 Å². The minimum Gasteiger partial charge on any atom is -0.469 e. The van der Waals surface area contributed by atoms with E-state index in [1.54, 1.807) is 6.26 Å². The quantitative estimate of drug-likeness (QED) is 0.590. The Balaban J connectivity index is 1.95. The fraction of sp³-hybridized carbons (Fsp3) is 0.250. The van der Waals surface area contributed by atoms with Crippen LogP contribution in [0.4, 0.5) is 0 Å². The molecule has 3 aromatic rings. The van der Waals surface area contributed by atoms with Crippen LogP contribution < -0.4 is 5.73 Å². The van der Waals surface area contributed by atoms with Gasteiger partial charge in [0.2, 0.25) is 0 Å².